The lowest BCUT2D eigenvalue weighted by atomic mass is 10.1. The molecule has 156 valence electrons. The second-order valence-electron chi connectivity index (χ2n) is 7.55. The van der Waals surface area contributed by atoms with Crippen molar-refractivity contribution in [3.05, 3.63) is 87.6 Å². The fraction of sp³-hybridized carbons (Fsp3) is 0.250. The maximum absolute atomic E-state index is 12.7. The third kappa shape index (κ3) is 5.78. The van der Waals surface area contributed by atoms with Gasteiger partial charge in [-0.1, -0.05) is 54.6 Å². The lowest BCUT2D eigenvalue weighted by molar-refractivity contribution is -0.862. The van der Waals surface area contributed by atoms with Crippen LogP contribution < -0.4 is 15.5 Å². The van der Waals surface area contributed by atoms with E-state index in [-0.39, 0.29) is 30.9 Å². The summed E-state index contributed by atoms with van der Waals surface area (Å²) in [6, 6.07) is 19.7. The first-order valence-corrected chi connectivity index (χ1v) is 10.9. The normalized spacial score (nSPS) is 12.8. The summed E-state index contributed by atoms with van der Waals surface area (Å²) >= 11 is 1.62. The summed E-state index contributed by atoms with van der Waals surface area (Å²) in [5, 5.41) is 8.12. The number of para-hydroxylation sites is 1. The molecule has 3 aromatic rings. The number of hydrogen-bond donors (Lipinski definition) is 3. The molecule has 1 heterocycles. The van der Waals surface area contributed by atoms with Crippen molar-refractivity contribution in [1.29, 1.82) is 0 Å². The zero-order valence-corrected chi connectivity index (χ0v) is 18.4. The number of quaternary nitrogens is 1. The van der Waals surface area contributed by atoms with Crippen molar-refractivity contribution < 1.29 is 14.5 Å². The molecule has 1 unspecified atom stereocenters. The number of amides is 2. The summed E-state index contributed by atoms with van der Waals surface area (Å²) in [7, 11) is 1.85. The summed E-state index contributed by atoms with van der Waals surface area (Å²) in [6.07, 6.45) is 0. The van der Waals surface area contributed by atoms with Crippen LogP contribution in [0.5, 0.6) is 0 Å². The number of aryl methyl sites for hydroxylation is 2. The van der Waals surface area contributed by atoms with Crippen molar-refractivity contribution in [1.82, 2.24) is 5.32 Å². The van der Waals surface area contributed by atoms with Gasteiger partial charge in [0, 0.05) is 10.6 Å². The minimum Gasteiger partial charge on any atom is -0.339 e. The number of nitrogens with one attached hydrogen (secondary N) is 3. The Morgan fingerprint density at radius 3 is 2.20 bits per heavy atom. The molecule has 0 saturated heterocycles. The first-order chi connectivity index (χ1) is 14.4. The van der Waals surface area contributed by atoms with E-state index in [0.29, 0.717) is 0 Å². The van der Waals surface area contributed by atoms with E-state index >= 15 is 0 Å². The predicted molar refractivity (Wildman–Crippen MR) is 122 cm³/mol. The van der Waals surface area contributed by atoms with Crippen molar-refractivity contribution in [3.63, 3.8) is 0 Å². The molecule has 2 atom stereocenters. The SMILES string of the molecule is Cc1cccc(C)c1NC(=O)C[NH+](C)CC(=O)N[C@H](c1ccccc1)c1cccs1. The minimum atomic E-state index is -0.185. The van der Waals surface area contributed by atoms with Crippen LogP contribution in [-0.4, -0.2) is 32.0 Å². The molecule has 30 heavy (non-hydrogen) atoms. The first kappa shape index (κ1) is 21.7. The quantitative estimate of drug-likeness (QED) is 0.523. The first-order valence-electron chi connectivity index (χ1n) is 9.99. The molecule has 3 rings (SSSR count). The van der Waals surface area contributed by atoms with Gasteiger partial charge in [0.1, 0.15) is 0 Å². The Morgan fingerprint density at radius 2 is 1.57 bits per heavy atom. The third-order valence-electron chi connectivity index (χ3n) is 4.94. The van der Waals surface area contributed by atoms with Gasteiger partial charge in [-0.25, -0.2) is 0 Å². The van der Waals surface area contributed by atoms with Crippen LogP contribution in [0.4, 0.5) is 5.69 Å². The van der Waals surface area contributed by atoms with Crippen molar-refractivity contribution in [2.75, 3.05) is 25.5 Å². The largest absolute Gasteiger partial charge is 0.339 e. The van der Waals surface area contributed by atoms with Gasteiger partial charge in [-0.2, -0.15) is 0 Å². The molecule has 1 aromatic heterocycles. The van der Waals surface area contributed by atoms with E-state index in [1.54, 1.807) is 11.3 Å². The van der Waals surface area contributed by atoms with Gasteiger partial charge < -0.3 is 15.5 Å². The molecule has 2 amide bonds. The molecule has 0 fully saturated rings. The maximum Gasteiger partial charge on any atom is 0.279 e. The smallest absolute Gasteiger partial charge is 0.279 e. The van der Waals surface area contributed by atoms with E-state index < -0.39 is 0 Å². The van der Waals surface area contributed by atoms with E-state index in [1.807, 2.05) is 86.9 Å². The van der Waals surface area contributed by atoms with Gasteiger partial charge in [0.25, 0.3) is 11.8 Å². The molecule has 0 bridgehead atoms. The summed E-state index contributed by atoms with van der Waals surface area (Å²) in [6.45, 7) is 4.38. The van der Waals surface area contributed by atoms with Gasteiger partial charge in [0.15, 0.2) is 13.1 Å². The Labute approximate surface area is 181 Å². The minimum absolute atomic E-state index is 0.0883. The van der Waals surface area contributed by atoms with Crippen LogP contribution in [0.2, 0.25) is 0 Å². The number of carbonyl (C=O) groups is 2. The topological polar surface area (TPSA) is 62.6 Å². The lowest BCUT2D eigenvalue weighted by Crippen LogP contribution is -3.11. The molecule has 0 aliphatic heterocycles. The molecule has 3 N–H and O–H groups in total. The Hall–Kier alpha value is -2.96. The van der Waals surface area contributed by atoms with Gasteiger partial charge in [0.2, 0.25) is 0 Å². The molecule has 2 aromatic carbocycles. The number of rotatable bonds is 8. The average molecular weight is 423 g/mol. The number of hydrogen-bond acceptors (Lipinski definition) is 3. The van der Waals surface area contributed by atoms with Crippen molar-refractivity contribution >= 4 is 28.8 Å². The number of anilines is 1. The maximum atomic E-state index is 12.7. The second kappa shape index (κ2) is 10.2. The molecule has 0 spiro atoms. The van der Waals surface area contributed by atoms with Crippen LogP contribution in [0.3, 0.4) is 0 Å². The Bertz CT molecular complexity index is 967. The average Bonchev–Trinajstić information content (AvgIpc) is 3.24. The highest BCUT2D eigenvalue weighted by Gasteiger charge is 2.21. The molecule has 6 heteroatoms. The van der Waals surface area contributed by atoms with Gasteiger partial charge in [-0.05, 0) is 42.0 Å². The number of likely N-dealkylation sites (N-methyl/N-ethyl adjacent to an activating group) is 1. The summed E-state index contributed by atoms with van der Waals surface area (Å²) in [5.74, 6) is -0.190. The zero-order valence-electron chi connectivity index (χ0n) is 17.6. The highest BCUT2D eigenvalue weighted by Crippen LogP contribution is 2.25. The lowest BCUT2D eigenvalue weighted by Gasteiger charge is -2.20. The molecule has 0 aliphatic carbocycles. The highest BCUT2D eigenvalue weighted by molar-refractivity contribution is 7.10. The van der Waals surface area contributed by atoms with Gasteiger partial charge >= 0.3 is 0 Å². The molecule has 5 nitrogen and oxygen atoms in total. The van der Waals surface area contributed by atoms with E-state index in [2.05, 4.69) is 10.6 Å². The van der Waals surface area contributed by atoms with Crippen LogP contribution in [0, 0.1) is 13.8 Å². The fourth-order valence-corrected chi connectivity index (χ4v) is 4.24. The summed E-state index contributed by atoms with van der Waals surface area (Å²) in [4.78, 5) is 27.1. The van der Waals surface area contributed by atoms with E-state index in [1.165, 1.54) is 0 Å². The molecular weight excluding hydrogens is 394 g/mol. The van der Waals surface area contributed by atoms with Crippen molar-refractivity contribution in [2.45, 2.75) is 19.9 Å². The van der Waals surface area contributed by atoms with E-state index in [0.717, 1.165) is 32.2 Å². The highest BCUT2D eigenvalue weighted by atomic mass is 32.1. The Kier molecular flexibility index (Phi) is 7.38. The molecule has 0 radical (unpaired) electrons. The zero-order chi connectivity index (χ0) is 21.5. The van der Waals surface area contributed by atoms with Crippen LogP contribution in [0.15, 0.2) is 66.0 Å². The van der Waals surface area contributed by atoms with Gasteiger partial charge in [-0.15, -0.1) is 11.3 Å². The van der Waals surface area contributed by atoms with Crippen LogP contribution in [0.1, 0.15) is 27.6 Å². The Balaban J connectivity index is 1.58. The molecule has 0 saturated carbocycles. The van der Waals surface area contributed by atoms with Gasteiger partial charge in [0.05, 0.1) is 13.1 Å². The Morgan fingerprint density at radius 1 is 0.900 bits per heavy atom. The fourth-order valence-electron chi connectivity index (χ4n) is 3.44. The molecule has 0 aliphatic rings. The number of benzene rings is 2. The van der Waals surface area contributed by atoms with E-state index in [4.69, 9.17) is 0 Å². The molecular formula is C24H28N3O2S+. The van der Waals surface area contributed by atoms with Crippen LogP contribution in [0.25, 0.3) is 0 Å². The van der Waals surface area contributed by atoms with Gasteiger partial charge in [-0.3, -0.25) is 9.59 Å². The summed E-state index contributed by atoms with van der Waals surface area (Å²) in [5.41, 5.74) is 3.95. The predicted octanol–water partition coefficient (Wildman–Crippen LogP) is 2.72. The van der Waals surface area contributed by atoms with Crippen molar-refractivity contribution in [2.24, 2.45) is 0 Å². The van der Waals surface area contributed by atoms with Crippen molar-refractivity contribution in [3.8, 4) is 0 Å². The summed E-state index contributed by atoms with van der Waals surface area (Å²) < 4.78 is 0. The van der Waals surface area contributed by atoms with Crippen LogP contribution >= 0.6 is 11.3 Å². The monoisotopic (exact) mass is 422 g/mol. The van der Waals surface area contributed by atoms with E-state index in [9.17, 15) is 9.59 Å². The second-order valence-corrected chi connectivity index (χ2v) is 8.53. The number of carbonyl (C=O) groups excluding carboxylic acids is 2. The standard InChI is InChI=1S/C24H27N3O2S/c1-17-9-7-10-18(2)23(17)25-21(28)15-27(3)16-22(29)26-24(20-13-8-14-30-20)19-11-5-4-6-12-19/h4-14,24H,15-16H2,1-3H3,(H,25,28)(H,26,29)/p+1/t24-/m1/s1. The van der Waals surface area contributed by atoms with Crippen LogP contribution in [-0.2, 0) is 9.59 Å². The third-order valence-corrected chi connectivity index (χ3v) is 5.87. The number of thiophene rings is 1.